The number of amidine groups is 1. The fraction of sp³-hybridized carbons (Fsp3) is 0.400. The zero-order valence-electron chi connectivity index (χ0n) is 15.9. The Bertz CT molecular complexity index is 811. The molecule has 2 fully saturated rings. The van der Waals surface area contributed by atoms with E-state index in [0.29, 0.717) is 5.17 Å². The summed E-state index contributed by atoms with van der Waals surface area (Å²) in [5.41, 5.74) is 2.21. The van der Waals surface area contributed by atoms with E-state index in [1.165, 1.54) is 38.4 Å². The van der Waals surface area contributed by atoms with E-state index in [1.54, 1.807) is 6.21 Å². The third kappa shape index (κ3) is 6.03. The van der Waals surface area contributed by atoms with Crippen LogP contribution in [0.25, 0.3) is 0 Å². The first kappa shape index (κ1) is 20.3. The molecule has 0 spiro atoms. The van der Waals surface area contributed by atoms with Gasteiger partial charge in [-0.05, 0) is 54.9 Å². The summed E-state index contributed by atoms with van der Waals surface area (Å²) in [4.78, 5) is 25.8. The SMILES string of the molecule is COC(=O)/C=C1/S/C(=N\N=Cc2cccc(CN3CCCCCC3)c2)NC1=O. The Balaban J connectivity index is 1.60. The fourth-order valence-corrected chi connectivity index (χ4v) is 3.85. The Labute approximate surface area is 168 Å². The number of methoxy groups -OCH3 is 1. The number of carbonyl (C=O) groups excluding carboxylic acids is 2. The van der Waals surface area contributed by atoms with Crippen LogP contribution in [0, 0.1) is 0 Å². The number of ether oxygens (including phenoxy) is 1. The number of thioether (sulfide) groups is 1. The van der Waals surface area contributed by atoms with Gasteiger partial charge in [-0.15, -0.1) is 5.10 Å². The summed E-state index contributed by atoms with van der Waals surface area (Å²) in [6, 6.07) is 8.23. The molecule has 7 nitrogen and oxygen atoms in total. The van der Waals surface area contributed by atoms with Gasteiger partial charge in [-0.25, -0.2) is 4.79 Å². The number of esters is 1. The minimum atomic E-state index is -0.580. The van der Waals surface area contributed by atoms with Crippen molar-refractivity contribution in [3.8, 4) is 0 Å². The number of amides is 1. The largest absolute Gasteiger partial charge is 0.466 e. The first-order chi connectivity index (χ1) is 13.6. The number of nitrogens with one attached hydrogen (secondary N) is 1. The highest BCUT2D eigenvalue weighted by molar-refractivity contribution is 8.18. The standard InChI is InChI=1S/C20H24N4O3S/c1-27-18(25)12-17-19(26)22-20(28-17)23-21-13-15-7-6-8-16(11-15)14-24-9-4-2-3-5-10-24/h6-8,11-13H,2-5,9-10,14H2,1H3,(H,22,23,26)/b17-12+,21-13?. The maximum absolute atomic E-state index is 11.8. The Morgan fingerprint density at radius 2 is 2.07 bits per heavy atom. The summed E-state index contributed by atoms with van der Waals surface area (Å²) in [7, 11) is 1.26. The number of hydrogen-bond donors (Lipinski definition) is 1. The summed E-state index contributed by atoms with van der Waals surface area (Å²) in [5.74, 6) is -0.965. The molecule has 2 aliphatic heterocycles. The molecule has 0 atom stereocenters. The van der Waals surface area contributed by atoms with Crippen LogP contribution in [0.4, 0.5) is 0 Å². The minimum absolute atomic E-state index is 0.236. The Morgan fingerprint density at radius 1 is 1.29 bits per heavy atom. The van der Waals surface area contributed by atoms with Crippen molar-refractivity contribution in [3.63, 3.8) is 0 Å². The van der Waals surface area contributed by atoms with Crippen molar-refractivity contribution in [2.24, 2.45) is 10.2 Å². The molecular weight excluding hydrogens is 376 g/mol. The van der Waals surface area contributed by atoms with Crippen LogP contribution in [0.2, 0.25) is 0 Å². The van der Waals surface area contributed by atoms with Gasteiger partial charge in [-0.1, -0.05) is 31.0 Å². The first-order valence-electron chi connectivity index (χ1n) is 9.35. The molecule has 1 N–H and O–H groups in total. The van der Waals surface area contributed by atoms with Crippen LogP contribution < -0.4 is 5.32 Å². The summed E-state index contributed by atoms with van der Waals surface area (Å²) in [6.45, 7) is 3.26. The number of carbonyl (C=O) groups is 2. The van der Waals surface area contributed by atoms with Crippen molar-refractivity contribution in [1.82, 2.24) is 10.2 Å². The molecule has 1 aromatic carbocycles. The smallest absolute Gasteiger partial charge is 0.331 e. The van der Waals surface area contributed by atoms with E-state index >= 15 is 0 Å². The second-order valence-electron chi connectivity index (χ2n) is 6.67. The van der Waals surface area contributed by atoms with Crippen molar-refractivity contribution in [1.29, 1.82) is 0 Å². The predicted octanol–water partition coefficient (Wildman–Crippen LogP) is 2.67. The molecule has 2 aliphatic rings. The lowest BCUT2D eigenvalue weighted by molar-refractivity contribution is -0.135. The van der Waals surface area contributed by atoms with Crippen LogP contribution in [0.15, 0.2) is 45.4 Å². The normalized spacial score (nSPS) is 21.2. The van der Waals surface area contributed by atoms with E-state index in [9.17, 15) is 9.59 Å². The lowest BCUT2D eigenvalue weighted by Gasteiger charge is -2.19. The van der Waals surface area contributed by atoms with Crippen LogP contribution in [-0.2, 0) is 20.9 Å². The summed E-state index contributed by atoms with van der Waals surface area (Å²) >= 11 is 1.06. The molecule has 0 saturated carbocycles. The maximum Gasteiger partial charge on any atom is 0.331 e. The average Bonchev–Trinajstić information content (AvgIpc) is 2.87. The summed E-state index contributed by atoms with van der Waals surface area (Å²) in [6.07, 6.45) is 8.00. The van der Waals surface area contributed by atoms with Crippen LogP contribution in [0.5, 0.6) is 0 Å². The Morgan fingerprint density at radius 3 is 2.82 bits per heavy atom. The quantitative estimate of drug-likeness (QED) is 0.356. The van der Waals surface area contributed by atoms with Gasteiger partial charge in [0, 0.05) is 12.6 Å². The van der Waals surface area contributed by atoms with Gasteiger partial charge in [-0.3, -0.25) is 15.0 Å². The van der Waals surface area contributed by atoms with Gasteiger partial charge in [0.15, 0.2) is 5.17 Å². The second-order valence-corrected chi connectivity index (χ2v) is 7.70. The molecule has 0 aliphatic carbocycles. The molecule has 2 saturated heterocycles. The Kier molecular flexibility index (Phi) is 7.39. The molecule has 1 aromatic rings. The van der Waals surface area contributed by atoms with Gasteiger partial charge in [0.05, 0.1) is 18.2 Å². The van der Waals surface area contributed by atoms with E-state index in [0.717, 1.165) is 43.0 Å². The van der Waals surface area contributed by atoms with Crippen LogP contribution in [-0.4, -0.2) is 48.4 Å². The van der Waals surface area contributed by atoms with Crippen molar-refractivity contribution < 1.29 is 14.3 Å². The van der Waals surface area contributed by atoms with Crippen LogP contribution in [0.3, 0.4) is 0 Å². The highest BCUT2D eigenvalue weighted by atomic mass is 32.2. The molecule has 2 heterocycles. The van der Waals surface area contributed by atoms with Crippen molar-refractivity contribution in [2.75, 3.05) is 20.2 Å². The van der Waals surface area contributed by atoms with Gasteiger partial charge in [0.2, 0.25) is 0 Å². The van der Waals surface area contributed by atoms with Crippen molar-refractivity contribution in [2.45, 2.75) is 32.2 Å². The number of hydrogen-bond acceptors (Lipinski definition) is 7. The van der Waals surface area contributed by atoms with E-state index in [1.807, 2.05) is 12.1 Å². The zero-order chi connectivity index (χ0) is 19.8. The summed E-state index contributed by atoms with van der Waals surface area (Å²) in [5, 5.41) is 11.0. The lowest BCUT2D eigenvalue weighted by Crippen LogP contribution is -2.23. The molecule has 8 heteroatoms. The number of benzene rings is 1. The molecular formula is C20H24N4O3S. The molecule has 28 heavy (non-hydrogen) atoms. The van der Waals surface area contributed by atoms with E-state index < -0.39 is 5.97 Å². The molecule has 1 amide bonds. The Hall–Kier alpha value is -2.45. The van der Waals surface area contributed by atoms with Gasteiger partial charge in [0.25, 0.3) is 5.91 Å². The fourth-order valence-electron chi connectivity index (χ4n) is 3.11. The van der Waals surface area contributed by atoms with Crippen LogP contribution >= 0.6 is 11.8 Å². The highest BCUT2D eigenvalue weighted by Crippen LogP contribution is 2.23. The van der Waals surface area contributed by atoms with Crippen molar-refractivity contribution in [3.05, 3.63) is 46.4 Å². The number of rotatable bonds is 5. The molecule has 0 radical (unpaired) electrons. The first-order valence-corrected chi connectivity index (χ1v) is 10.2. The predicted molar refractivity (Wildman–Crippen MR) is 111 cm³/mol. The van der Waals surface area contributed by atoms with Gasteiger partial charge >= 0.3 is 5.97 Å². The molecule has 148 valence electrons. The van der Waals surface area contributed by atoms with E-state index in [-0.39, 0.29) is 10.8 Å². The maximum atomic E-state index is 11.8. The van der Waals surface area contributed by atoms with Gasteiger partial charge in [-0.2, -0.15) is 5.10 Å². The number of likely N-dealkylation sites (tertiary alicyclic amines) is 1. The zero-order valence-corrected chi connectivity index (χ0v) is 16.7. The van der Waals surface area contributed by atoms with Crippen LogP contribution in [0.1, 0.15) is 36.8 Å². The molecule has 3 rings (SSSR count). The third-order valence-electron chi connectivity index (χ3n) is 4.51. The van der Waals surface area contributed by atoms with Gasteiger partial charge in [0.1, 0.15) is 0 Å². The van der Waals surface area contributed by atoms with E-state index in [2.05, 4.69) is 37.3 Å². The van der Waals surface area contributed by atoms with Gasteiger partial charge < -0.3 is 4.74 Å². The third-order valence-corrected chi connectivity index (χ3v) is 5.41. The summed E-state index contributed by atoms with van der Waals surface area (Å²) < 4.78 is 4.53. The monoisotopic (exact) mass is 400 g/mol. The minimum Gasteiger partial charge on any atom is -0.466 e. The molecule has 0 aromatic heterocycles. The average molecular weight is 401 g/mol. The molecule has 0 unspecified atom stereocenters. The van der Waals surface area contributed by atoms with E-state index in [4.69, 9.17) is 0 Å². The highest BCUT2D eigenvalue weighted by Gasteiger charge is 2.25. The lowest BCUT2D eigenvalue weighted by atomic mass is 10.1. The van der Waals surface area contributed by atoms with Crippen molar-refractivity contribution >= 4 is 35.0 Å². The molecule has 0 bridgehead atoms. The topological polar surface area (TPSA) is 83.4 Å². The second kappa shape index (κ2) is 10.2. The number of nitrogens with zero attached hydrogens (tertiary/aromatic N) is 3.